The van der Waals surface area contributed by atoms with E-state index in [2.05, 4.69) is 64.2 Å². The number of thiazole rings is 1. The predicted molar refractivity (Wildman–Crippen MR) is 89.4 cm³/mol. The van der Waals surface area contributed by atoms with E-state index in [0.29, 0.717) is 11.8 Å². The monoisotopic (exact) mass is 290 g/mol. The average molecular weight is 290 g/mol. The van der Waals surface area contributed by atoms with E-state index >= 15 is 0 Å². The van der Waals surface area contributed by atoms with Gasteiger partial charge in [0, 0.05) is 12.0 Å². The lowest BCUT2D eigenvalue weighted by molar-refractivity contribution is 0.312. The van der Waals surface area contributed by atoms with E-state index in [-0.39, 0.29) is 5.54 Å². The number of aromatic nitrogens is 1. The zero-order valence-corrected chi connectivity index (χ0v) is 14.1. The van der Waals surface area contributed by atoms with Gasteiger partial charge in [0.2, 0.25) is 0 Å². The van der Waals surface area contributed by atoms with Crippen molar-refractivity contribution in [1.82, 2.24) is 10.3 Å². The van der Waals surface area contributed by atoms with Crippen molar-refractivity contribution in [1.29, 1.82) is 0 Å². The lowest BCUT2D eigenvalue weighted by Crippen LogP contribution is -2.40. The van der Waals surface area contributed by atoms with Gasteiger partial charge in [0.05, 0.1) is 15.2 Å². The van der Waals surface area contributed by atoms with E-state index in [1.807, 2.05) is 11.3 Å². The van der Waals surface area contributed by atoms with Crippen LogP contribution in [0.15, 0.2) is 24.3 Å². The van der Waals surface area contributed by atoms with Gasteiger partial charge in [-0.15, -0.1) is 11.3 Å². The summed E-state index contributed by atoms with van der Waals surface area (Å²) < 4.78 is 1.30. The molecule has 1 aromatic heterocycles. The van der Waals surface area contributed by atoms with Gasteiger partial charge in [0.1, 0.15) is 0 Å². The minimum atomic E-state index is 0.181. The molecule has 2 aromatic rings. The fourth-order valence-corrected chi connectivity index (χ4v) is 3.27. The Morgan fingerprint density at radius 1 is 1.20 bits per heavy atom. The number of nitrogens with zero attached hydrogens (tertiary/aromatic N) is 1. The first-order valence-electron chi connectivity index (χ1n) is 7.44. The molecule has 0 saturated carbocycles. The quantitative estimate of drug-likeness (QED) is 0.877. The molecule has 1 heterocycles. The summed E-state index contributed by atoms with van der Waals surface area (Å²) in [4.78, 5) is 4.77. The minimum Gasteiger partial charge on any atom is -0.312 e. The molecule has 1 atom stereocenters. The largest absolute Gasteiger partial charge is 0.312 e. The molecule has 0 radical (unpaired) electrons. The summed E-state index contributed by atoms with van der Waals surface area (Å²) >= 11 is 1.84. The predicted octanol–water partition coefficient (Wildman–Crippen LogP) is 4.50. The second-order valence-electron chi connectivity index (χ2n) is 6.91. The highest BCUT2D eigenvalue weighted by Crippen LogP contribution is 2.25. The molecule has 1 aromatic carbocycles. The summed E-state index contributed by atoms with van der Waals surface area (Å²) in [5.41, 5.74) is 1.32. The van der Waals surface area contributed by atoms with E-state index in [1.165, 1.54) is 9.71 Å². The highest BCUT2D eigenvalue weighted by Gasteiger charge is 2.19. The lowest BCUT2D eigenvalue weighted by atomic mass is 9.92. The maximum Gasteiger partial charge on any atom is 0.0941 e. The van der Waals surface area contributed by atoms with Crippen LogP contribution in [-0.2, 0) is 6.42 Å². The number of nitrogens with one attached hydrogen (secondary N) is 1. The number of hydrogen-bond donors (Lipinski definition) is 1. The average Bonchev–Trinajstić information content (AvgIpc) is 2.75. The Kier molecular flexibility index (Phi) is 4.82. The van der Waals surface area contributed by atoms with E-state index in [9.17, 15) is 0 Å². The smallest absolute Gasteiger partial charge is 0.0941 e. The van der Waals surface area contributed by atoms with Crippen LogP contribution in [0.3, 0.4) is 0 Å². The molecule has 2 rings (SSSR count). The van der Waals surface area contributed by atoms with E-state index in [4.69, 9.17) is 4.98 Å². The summed E-state index contributed by atoms with van der Waals surface area (Å²) in [6.45, 7) is 12.3. The van der Waals surface area contributed by atoms with Gasteiger partial charge < -0.3 is 5.32 Å². The number of hydrogen-bond acceptors (Lipinski definition) is 3. The van der Waals surface area contributed by atoms with Crippen LogP contribution in [-0.4, -0.2) is 17.1 Å². The standard InChI is InChI=1S/C17H26N2S/c1-12(2)13(11-18-17(3,4)5)10-16-19-14-8-6-7-9-15(14)20-16/h6-9,12-13,18H,10-11H2,1-5H3. The van der Waals surface area contributed by atoms with Gasteiger partial charge in [0.15, 0.2) is 0 Å². The zero-order chi connectivity index (χ0) is 14.8. The number of rotatable bonds is 5. The summed E-state index contributed by atoms with van der Waals surface area (Å²) in [5, 5.41) is 4.90. The fourth-order valence-electron chi connectivity index (χ4n) is 2.21. The minimum absolute atomic E-state index is 0.181. The summed E-state index contributed by atoms with van der Waals surface area (Å²) in [6, 6.07) is 8.42. The van der Waals surface area contributed by atoms with Crippen molar-refractivity contribution in [3.63, 3.8) is 0 Å². The Hall–Kier alpha value is -0.930. The Morgan fingerprint density at radius 3 is 2.50 bits per heavy atom. The third kappa shape index (κ3) is 4.29. The third-order valence-electron chi connectivity index (χ3n) is 3.61. The van der Waals surface area contributed by atoms with Crippen molar-refractivity contribution in [3.8, 4) is 0 Å². The van der Waals surface area contributed by atoms with E-state index < -0.39 is 0 Å². The van der Waals surface area contributed by atoms with Crippen LogP contribution in [0.25, 0.3) is 10.2 Å². The van der Waals surface area contributed by atoms with Crippen LogP contribution < -0.4 is 5.32 Å². The normalized spacial score (nSPS) is 14.1. The van der Waals surface area contributed by atoms with Crippen LogP contribution >= 0.6 is 11.3 Å². The SMILES string of the molecule is CC(C)C(CNC(C)(C)C)Cc1nc2ccccc2s1. The van der Waals surface area contributed by atoms with Gasteiger partial charge in [-0.25, -0.2) is 4.98 Å². The molecule has 0 aliphatic carbocycles. The fraction of sp³-hybridized carbons (Fsp3) is 0.588. The molecule has 0 bridgehead atoms. The maximum atomic E-state index is 4.77. The molecule has 0 aliphatic heterocycles. The first-order valence-corrected chi connectivity index (χ1v) is 8.26. The number of para-hydroxylation sites is 1. The van der Waals surface area contributed by atoms with Gasteiger partial charge in [-0.3, -0.25) is 0 Å². The molecule has 1 N–H and O–H groups in total. The molecule has 0 saturated heterocycles. The second-order valence-corrected chi connectivity index (χ2v) is 8.03. The van der Waals surface area contributed by atoms with Crippen LogP contribution in [0.5, 0.6) is 0 Å². The van der Waals surface area contributed by atoms with E-state index in [1.54, 1.807) is 0 Å². The second kappa shape index (κ2) is 6.23. The van der Waals surface area contributed by atoms with Gasteiger partial charge in [-0.05, 0) is 51.3 Å². The molecule has 0 spiro atoms. The Bertz CT molecular complexity index is 518. The summed E-state index contributed by atoms with van der Waals surface area (Å²) in [5.74, 6) is 1.30. The van der Waals surface area contributed by atoms with Crippen molar-refractivity contribution < 1.29 is 0 Å². The molecule has 0 amide bonds. The van der Waals surface area contributed by atoms with Crippen LogP contribution in [0.4, 0.5) is 0 Å². The molecule has 2 nitrogen and oxygen atoms in total. The Labute approximate surface area is 126 Å². The van der Waals surface area contributed by atoms with Crippen LogP contribution in [0.2, 0.25) is 0 Å². The molecular formula is C17H26N2S. The first kappa shape index (κ1) is 15.5. The Balaban J connectivity index is 2.07. The molecule has 1 unspecified atom stereocenters. The molecule has 20 heavy (non-hydrogen) atoms. The number of benzene rings is 1. The first-order chi connectivity index (χ1) is 9.35. The zero-order valence-electron chi connectivity index (χ0n) is 13.2. The number of fused-ring (bicyclic) bond motifs is 1. The van der Waals surface area contributed by atoms with Gasteiger partial charge in [0.25, 0.3) is 0 Å². The maximum absolute atomic E-state index is 4.77. The molecule has 0 aliphatic rings. The molecule has 0 fully saturated rings. The van der Waals surface area contributed by atoms with Crippen LogP contribution in [0.1, 0.15) is 39.6 Å². The lowest BCUT2D eigenvalue weighted by Gasteiger charge is -2.27. The Morgan fingerprint density at radius 2 is 1.90 bits per heavy atom. The van der Waals surface area contributed by atoms with E-state index in [0.717, 1.165) is 18.5 Å². The van der Waals surface area contributed by atoms with Gasteiger partial charge in [-0.1, -0.05) is 26.0 Å². The van der Waals surface area contributed by atoms with Crippen molar-refractivity contribution in [2.75, 3.05) is 6.54 Å². The highest BCUT2D eigenvalue weighted by molar-refractivity contribution is 7.18. The van der Waals surface area contributed by atoms with Crippen molar-refractivity contribution >= 4 is 21.6 Å². The summed E-state index contributed by atoms with van der Waals surface area (Å²) in [7, 11) is 0. The van der Waals surface area contributed by atoms with Gasteiger partial charge >= 0.3 is 0 Å². The van der Waals surface area contributed by atoms with Crippen molar-refractivity contribution in [2.24, 2.45) is 11.8 Å². The molecular weight excluding hydrogens is 264 g/mol. The topological polar surface area (TPSA) is 24.9 Å². The van der Waals surface area contributed by atoms with Gasteiger partial charge in [-0.2, -0.15) is 0 Å². The molecule has 3 heteroatoms. The van der Waals surface area contributed by atoms with Crippen molar-refractivity contribution in [3.05, 3.63) is 29.3 Å². The van der Waals surface area contributed by atoms with Crippen molar-refractivity contribution in [2.45, 2.75) is 46.6 Å². The summed E-state index contributed by atoms with van der Waals surface area (Å²) in [6.07, 6.45) is 1.07. The van der Waals surface area contributed by atoms with Crippen LogP contribution in [0, 0.1) is 11.8 Å². The third-order valence-corrected chi connectivity index (χ3v) is 4.67. The highest BCUT2D eigenvalue weighted by atomic mass is 32.1. The molecule has 110 valence electrons.